The summed E-state index contributed by atoms with van der Waals surface area (Å²) in [6.07, 6.45) is 0.833. The van der Waals surface area contributed by atoms with Gasteiger partial charge in [0.25, 0.3) is 5.91 Å². The molecule has 2 aromatic carbocycles. The van der Waals surface area contributed by atoms with Gasteiger partial charge >= 0.3 is 0 Å². The summed E-state index contributed by atoms with van der Waals surface area (Å²) in [5, 5.41) is 3.75. The number of amides is 1. The lowest BCUT2D eigenvalue weighted by Crippen LogP contribution is -2.31. The number of methoxy groups -OCH3 is 1. The van der Waals surface area contributed by atoms with Crippen molar-refractivity contribution in [3.8, 4) is 11.5 Å². The van der Waals surface area contributed by atoms with Gasteiger partial charge in [-0.3, -0.25) is 4.79 Å². The topological polar surface area (TPSA) is 60.5 Å². The first-order valence-corrected chi connectivity index (χ1v) is 8.52. The fourth-order valence-electron chi connectivity index (χ4n) is 2.78. The van der Waals surface area contributed by atoms with Crippen LogP contribution in [0.2, 0.25) is 0 Å². The Hall–Kier alpha value is -2.60. The van der Waals surface area contributed by atoms with Gasteiger partial charge in [0.05, 0.1) is 17.3 Å². The summed E-state index contributed by atoms with van der Waals surface area (Å²) in [7, 11) is 1.66. The SMILES string of the molecule is COc1ccc2nc(COc3ccc4c(c3)CCNC4=O)sc2c1. The van der Waals surface area contributed by atoms with Crippen molar-refractivity contribution in [1.82, 2.24) is 10.3 Å². The summed E-state index contributed by atoms with van der Waals surface area (Å²) < 4.78 is 12.2. The van der Waals surface area contributed by atoms with Crippen molar-refractivity contribution in [2.24, 2.45) is 0 Å². The predicted octanol–water partition coefficient (Wildman–Crippen LogP) is 3.17. The molecule has 4 rings (SSSR count). The van der Waals surface area contributed by atoms with Gasteiger partial charge in [-0.1, -0.05) is 0 Å². The molecule has 3 aromatic rings. The lowest BCUT2D eigenvalue weighted by molar-refractivity contribution is 0.0946. The molecule has 24 heavy (non-hydrogen) atoms. The highest BCUT2D eigenvalue weighted by atomic mass is 32.1. The zero-order chi connectivity index (χ0) is 16.5. The molecule has 1 aliphatic heterocycles. The highest BCUT2D eigenvalue weighted by Gasteiger charge is 2.17. The molecule has 0 atom stereocenters. The van der Waals surface area contributed by atoms with Crippen molar-refractivity contribution in [3.05, 3.63) is 52.5 Å². The molecule has 0 bridgehead atoms. The fraction of sp³-hybridized carbons (Fsp3) is 0.222. The standard InChI is InChI=1S/C18H16N2O3S/c1-22-12-3-5-15-16(9-12)24-17(20-15)10-23-13-2-4-14-11(8-13)6-7-19-18(14)21/h2-5,8-9H,6-7,10H2,1H3,(H,19,21). The number of ether oxygens (including phenoxy) is 2. The molecule has 0 fully saturated rings. The molecule has 122 valence electrons. The third-order valence-electron chi connectivity index (χ3n) is 4.00. The van der Waals surface area contributed by atoms with Gasteiger partial charge < -0.3 is 14.8 Å². The Morgan fingerprint density at radius 3 is 2.96 bits per heavy atom. The first-order valence-electron chi connectivity index (χ1n) is 7.70. The van der Waals surface area contributed by atoms with Gasteiger partial charge in [-0.05, 0) is 48.4 Å². The molecule has 1 aromatic heterocycles. The average Bonchev–Trinajstić information content (AvgIpc) is 3.02. The summed E-state index contributed by atoms with van der Waals surface area (Å²) in [5.41, 5.74) is 2.72. The summed E-state index contributed by atoms with van der Waals surface area (Å²) in [5.74, 6) is 1.58. The molecule has 1 amide bonds. The minimum atomic E-state index is -0.0112. The highest BCUT2D eigenvalue weighted by Crippen LogP contribution is 2.27. The molecule has 0 spiro atoms. The van der Waals surface area contributed by atoms with Crippen LogP contribution in [0.25, 0.3) is 10.2 Å². The zero-order valence-electron chi connectivity index (χ0n) is 13.2. The highest BCUT2D eigenvalue weighted by molar-refractivity contribution is 7.18. The zero-order valence-corrected chi connectivity index (χ0v) is 14.0. The maximum Gasteiger partial charge on any atom is 0.251 e. The van der Waals surface area contributed by atoms with E-state index >= 15 is 0 Å². The molecule has 0 radical (unpaired) electrons. The van der Waals surface area contributed by atoms with Crippen LogP contribution in [0.15, 0.2) is 36.4 Å². The number of hydrogen-bond acceptors (Lipinski definition) is 5. The fourth-order valence-corrected chi connectivity index (χ4v) is 3.69. The Labute approximate surface area is 143 Å². The molecule has 2 heterocycles. The van der Waals surface area contributed by atoms with E-state index in [1.165, 1.54) is 0 Å². The largest absolute Gasteiger partial charge is 0.497 e. The summed E-state index contributed by atoms with van der Waals surface area (Å²) in [6, 6.07) is 11.4. The molecular weight excluding hydrogens is 324 g/mol. The van der Waals surface area contributed by atoms with Crippen LogP contribution < -0.4 is 14.8 Å². The van der Waals surface area contributed by atoms with E-state index in [0.29, 0.717) is 13.2 Å². The number of hydrogen-bond donors (Lipinski definition) is 1. The third-order valence-corrected chi connectivity index (χ3v) is 5.00. The summed E-state index contributed by atoms with van der Waals surface area (Å²) in [4.78, 5) is 16.3. The van der Waals surface area contributed by atoms with Crippen LogP contribution in [0.3, 0.4) is 0 Å². The van der Waals surface area contributed by atoms with Gasteiger partial charge in [-0.25, -0.2) is 4.98 Å². The minimum Gasteiger partial charge on any atom is -0.497 e. The Morgan fingerprint density at radius 2 is 2.08 bits per heavy atom. The molecule has 0 saturated heterocycles. The van der Waals surface area contributed by atoms with Crippen LogP contribution in [0.4, 0.5) is 0 Å². The number of carbonyl (C=O) groups excluding carboxylic acids is 1. The van der Waals surface area contributed by atoms with Crippen molar-refractivity contribution in [2.75, 3.05) is 13.7 Å². The van der Waals surface area contributed by atoms with Gasteiger partial charge in [-0.2, -0.15) is 0 Å². The molecule has 0 aliphatic carbocycles. The van der Waals surface area contributed by atoms with Gasteiger partial charge in [-0.15, -0.1) is 11.3 Å². The van der Waals surface area contributed by atoms with Crippen molar-refractivity contribution in [3.63, 3.8) is 0 Å². The number of rotatable bonds is 4. The first-order chi connectivity index (χ1) is 11.7. The first kappa shape index (κ1) is 15.0. The number of carbonyl (C=O) groups is 1. The Morgan fingerprint density at radius 1 is 1.21 bits per heavy atom. The lowest BCUT2D eigenvalue weighted by atomic mass is 10.0. The molecule has 0 unspecified atom stereocenters. The molecular formula is C18H16N2O3S. The smallest absolute Gasteiger partial charge is 0.251 e. The second kappa shape index (κ2) is 6.13. The second-order valence-electron chi connectivity index (χ2n) is 5.55. The van der Waals surface area contributed by atoms with E-state index in [0.717, 1.165) is 44.3 Å². The number of thiazole rings is 1. The van der Waals surface area contributed by atoms with Crippen molar-refractivity contribution < 1.29 is 14.3 Å². The van der Waals surface area contributed by atoms with E-state index < -0.39 is 0 Å². The molecule has 1 N–H and O–H groups in total. The van der Waals surface area contributed by atoms with E-state index in [1.54, 1.807) is 18.4 Å². The lowest BCUT2D eigenvalue weighted by Gasteiger charge is -2.17. The van der Waals surface area contributed by atoms with E-state index in [2.05, 4.69) is 10.3 Å². The summed E-state index contributed by atoms with van der Waals surface area (Å²) in [6.45, 7) is 1.08. The maximum absolute atomic E-state index is 11.8. The average molecular weight is 340 g/mol. The van der Waals surface area contributed by atoms with Crippen LogP contribution in [-0.4, -0.2) is 24.5 Å². The number of nitrogens with zero attached hydrogens (tertiary/aromatic N) is 1. The molecule has 1 aliphatic rings. The Bertz CT molecular complexity index is 920. The van der Waals surface area contributed by atoms with Crippen LogP contribution >= 0.6 is 11.3 Å². The van der Waals surface area contributed by atoms with E-state index in [9.17, 15) is 4.79 Å². The number of aromatic nitrogens is 1. The van der Waals surface area contributed by atoms with Crippen molar-refractivity contribution in [2.45, 2.75) is 13.0 Å². The van der Waals surface area contributed by atoms with Crippen molar-refractivity contribution >= 4 is 27.5 Å². The van der Waals surface area contributed by atoms with Gasteiger partial charge in [0.2, 0.25) is 0 Å². The number of fused-ring (bicyclic) bond motifs is 2. The Kier molecular flexibility index (Phi) is 3.82. The van der Waals surface area contributed by atoms with E-state index in [1.807, 2.05) is 36.4 Å². The van der Waals surface area contributed by atoms with E-state index in [-0.39, 0.29) is 5.91 Å². The van der Waals surface area contributed by atoms with Crippen LogP contribution in [0.5, 0.6) is 11.5 Å². The second-order valence-corrected chi connectivity index (χ2v) is 6.67. The van der Waals surface area contributed by atoms with Crippen LogP contribution in [0.1, 0.15) is 20.9 Å². The number of benzene rings is 2. The normalized spacial score (nSPS) is 13.5. The summed E-state index contributed by atoms with van der Waals surface area (Å²) >= 11 is 1.60. The van der Waals surface area contributed by atoms with Gasteiger partial charge in [0, 0.05) is 12.1 Å². The molecule has 0 saturated carbocycles. The van der Waals surface area contributed by atoms with Crippen molar-refractivity contribution in [1.29, 1.82) is 0 Å². The minimum absolute atomic E-state index is 0.0112. The Balaban J connectivity index is 1.51. The third kappa shape index (κ3) is 2.80. The molecule has 5 nitrogen and oxygen atoms in total. The molecule has 6 heteroatoms. The quantitative estimate of drug-likeness (QED) is 0.792. The maximum atomic E-state index is 11.8. The van der Waals surface area contributed by atoms with E-state index in [4.69, 9.17) is 9.47 Å². The predicted molar refractivity (Wildman–Crippen MR) is 93.0 cm³/mol. The van der Waals surface area contributed by atoms with Crippen LogP contribution in [0, 0.1) is 0 Å². The van der Waals surface area contributed by atoms with Crippen LogP contribution in [-0.2, 0) is 13.0 Å². The number of nitrogens with one attached hydrogen (secondary N) is 1. The van der Waals surface area contributed by atoms with Gasteiger partial charge in [0.15, 0.2) is 0 Å². The van der Waals surface area contributed by atoms with Gasteiger partial charge in [0.1, 0.15) is 23.1 Å². The monoisotopic (exact) mass is 340 g/mol.